The van der Waals surface area contributed by atoms with Crippen molar-refractivity contribution in [2.45, 2.75) is 104 Å². The molecule has 1 saturated carbocycles. The first-order valence-electron chi connectivity index (χ1n) is 10.0. The summed E-state index contributed by atoms with van der Waals surface area (Å²) in [4.78, 5) is 27.7. The second-order valence-corrected chi connectivity index (χ2v) is 7.70. The van der Waals surface area contributed by atoms with Gasteiger partial charge in [-0.2, -0.15) is 0 Å². The fraction of sp³-hybridized carbons (Fsp3) is 0.900. The van der Waals surface area contributed by atoms with E-state index in [1.54, 1.807) is 4.90 Å². The monoisotopic (exact) mass is 338 g/mol. The van der Waals surface area contributed by atoms with Gasteiger partial charge < -0.3 is 5.73 Å². The van der Waals surface area contributed by atoms with Crippen LogP contribution in [0.25, 0.3) is 0 Å². The van der Waals surface area contributed by atoms with Gasteiger partial charge in [0.25, 0.3) is 0 Å². The molecule has 0 aromatic carbocycles. The van der Waals surface area contributed by atoms with Gasteiger partial charge in [0.1, 0.15) is 0 Å². The molecule has 0 aliphatic heterocycles. The molecular weight excluding hydrogens is 300 g/mol. The van der Waals surface area contributed by atoms with E-state index in [2.05, 4.69) is 13.8 Å². The van der Waals surface area contributed by atoms with Crippen LogP contribution in [0, 0.1) is 11.8 Å². The summed E-state index contributed by atoms with van der Waals surface area (Å²) < 4.78 is 0. The summed E-state index contributed by atoms with van der Waals surface area (Å²) in [6.45, 7) is 8.22. The SMILES string of the molecule is CCCCC(C)C(=O)N(C(=O)C(C)CCCC)C1CCC(N)CC1. The van der Waals surface area contributed by atoms with Gasteiger partial charge in [0.05, 0.1) is 0 Å². The van der Waals surface area contributed by atoms with Gasteiger partial charge in [0, 0.05) is 23.9 Å². The van der Waals surface area contributed by atoms with Gasteiger partial charge in [-0.05, 0) is 38.5 Å². The highest BCUT2D eigenvalue weighted by Crippen LogP contribution is 2.27. The van der Waals surface area contributed by atoms with Crippen LogP contribution in [0.5, 0.6) is 0 Å². The number of amides is 2. The molecule has 0 saturated heterocycles. The Morgan fingerprint density at radius 2 is 1.33 bits per heavy atom. The minimum Gasteiger partial charge on any atom is -0.328 e. The number of nitrogens with two attached hydrogens (primary N) is 1. The van der Waals surface area contributed by atoms with Crippen molar-refractivity contribution < 1.29 is 9.59 Å². The quantitative estimate of drug-likeness (QED) is 0.683. The van der Waals surface area contributed by atoms with E-state index in [0.29, 0.717) is 0 Å². The van der Waals surface area contributed by atoms with E-state index in [4.69, 9.17) is 5.73 Å². The Labute approximate surface area is 148 Å². The summed E-state index contributed by atoms with van der Waals surface area (Å²) in [7, 11) is 0. The molecule has 0 heterocycles. The summed E-state index contributed by atoms with van der Waals surface area (Å²) >= 11 is 0. The second-order valence-electron chi connectivity index (χ2n) is 7.70. The largest absolute Gasteiger partial charge is 0.328 e. The van der Waals surface area contributed by atoms with E-state index in [1.807, 2.05) is 13.8 Å². The number of hydrogen-bond acceptors (Lipinski definition) is 3. The first-order valence-corrected chi connectivity index (χ1v) is 10.0. The van der Waals surface area contributed by atoms with E-state index in [9.17, 15) is 9.59 Å². The first-order chi connectivity index (χ1) is 11.4. The fourth-order valence-electron chi connectivity index (χ4n) is 3.57. The average molecular weight is 339 g/mol. The van der Waals surface area contributed by atoms with Crippen LogP contribution in [0.1, 0.15) is 91.9 Å². The molecule has 2 N–H and O–H groups in total. The third-order valence-corrected chi connectivity index (χ3v) is 5.41. The highest BCUT2D eigenvalue weighted by Gasteiger charge is 2.36. The summed E-state index contributed by atoms with van der Waals surface area (Å²) in [5.41, 5.74) is 6.01. The predicted octanol–water partition coefficient (Wildman–Crippen LogP) is 4.26. The van der Waals surface area contributed by atoms with Crippen molar-refractivity contribution in [1.29, 1.82) is 0 Å². The Balaban J connectivity index is 2.85. The molecule has 1 fully saturated rings. The summed E-state index contributed by atoms with van der Waals surface area (Å²) in [5, 5.41) is 0. The van der Waals surface area contributed by atoms with Gasteiger partial charge in [-0.3, -0.25) is 14.5 Å². The lowest BCUT2D eigenvalue weighted by molar-refractivity contribution is -0.153. The maximum atomic E-state index is 13.0. The smallest absolute Gasteiger partial charge is 0.232 e. The third kappa shape index (κ3) is 6.19. The average Bonchev–Trinajstić information content (AvgIpc) is 2.58. The van der Waals surface area contributed by atoms with Gasteiger partial charge >= 0.3 is 0 Å². The van der Waals surface area contributed by atoms with E-state index >= 15 is 0 Å². The molecule has 2 unspecified atom stereocenters. The zero-order chi connectivity index (χ0) is 18.1. The highest BCUT2D eigenvalue weighted by atomic mass is 16.2. The molecule has 1 aliphatic carbocycles. The Morgan fingerprint density at radius 3 is 1.71 bits per heavy atom. The standard InChI is InChI=1S/C20H38N2O2/c1-5-7-9-15(3)19(23)22(18-13-11-17(21)12-14-18)20(24)16(4)10-8-6-2/h15-18H,5-14,21H2,1-4H3. The molecule has 24 heavy (non-hydrogen) atoms. The van der Waals surface area contributed by atoms with E-state index < -0.39 is 0 Å². The zero-order valence-electron chi connectivity index (χ0n) is 16.2. The molecule has 140 valence electrons. The topological polar surface area (TPSA) is 63.4 Å². The van der Waals surface area contributed by atoms with Gasteiger partial charge in [0.2, 0.25) is 11.8 Å². The second kappa shape index (κ2) is 10.9. The fourth-order valence-corrected chi connectivity index (χ4v) is 3.57. The predicted molar refractivity (Wildman–Crippen MR) is 99.5 cm³/mol. The highest BCUT2D eigenvalue weighted by molar-refractivity contribution is 5.97. The van der Waals surface area contributed by atoms with Crippen molar-refractivity contribution in [1.82, 2.24) is 4.90 Å². The molecule has 0 aromatic heterocycles. The van der Waals surface area contributed by atoms with Crippen LogP contribution >= 0.6 is 0 Å². The number of carbonyl (C=O) groups excluding carboxylic acids is 2. The minimum atomic E-state index is -0.0668. The Hall–Kier alpha value is -0.900. The lowest BCUT2D eigenvalue weighted by Crippen LogP contribution is -2.51. The van der Waals surface area contributed by atoms with Crippen molar-refractivity contribution in [2.24, 2.45) is 17.6 Å². The molecule has 0 bridgehead atoms. The number of imide groups is 1. The molecule has 4 nitrogen and oxygen atoms in total. The Kier molecular flexibility index (Phi) is 9.57. The molecule has 2 atom stereocenters. The zero-order valence-corrected chi connectivity index (χ0v) is 16.2. The van der Waals surface area contributed by atoms with Crippen molar-refractivity contribution in [2.75, 3.05) is 0 Å². The molecule has 0 spiro atoms. The first kappa shape index (κ1) is 21.1. The molecule has 1 aliphatic rings. The van der Waals surface area contributed by atoms with Crippen LogP contribution in [0.15, 0.2) is 0 Å². The van der Waals surface area contributed by atoms with Crippen LogP contribution in [-0.4, -0.2) is 28.8 Å². The third-order valence-electron chi connectivity index (χ3n) is 5.41. The molecule has 0 radical (unpaired) electrons. The number of nitrogens with zero attached hydrogens (tertiary/aromatic N) is 1. The number of hydrogen-bond donors (Lipinski definition) is 1. The van der Waals surface area contributed by atoms with Crippen LogP contribution in [0.3, 0.4) is 0 Å². The lowest BCUT2D eigenvalue weighted by Gasteiger charge is -2.37. The Bertz CT molecular complexity index is 363. The van der Waals surface area contributed by atoms with E-state index in [-0.39, 0.29) is 35.7 Å². The summed E-state index contributed by atoms with van der Waals surface area (Å²) in [6.07, 6.45) is 9.52. The number of carbonyl (C=O) groups is 2. The van der Waals surface area contributed by atoms with Gasteiger partial charge in [-0.1, -0.05) is 53.4 Å². The van der Waals surface area contributed by atoms with Crippen LogP contribution < -0.4 is 5.73 Å². The number of unbranched alkanes of at least 4 members (excludes halogenated alkanes) is 2. The molecule has 4 heteroatoms. The molecule has 2 amide bonds. The van der Waals surface area contributed by atoms with Crippen molar-refractivity contribution in [3.05, 3.63) is 0 Å². The number of rotatable bonds is 9. The maximum absolute atomic E-state index is 13.0. The van der Waals surface area contributed by atoms with Gasteiger partial charge in [0.15, 0.2) is 0 Å². The van der Waals surface area contributed by atoms with Gasteiger partial charge in [-0.15, -0.1) is 0 Å². The minimum absolute atomic E-state index is 0.0391. The molecule has 0 aromatic rings. The summed E-state index contributed by atoms with van der Waals surface area (Å²) in [5.74, 6) is -0.0553. The van der Waals surface area contributed by atoms with Crippen LogP contribution in [0.2, 0.25) is 0 Å². The molecular formula is C20H38N2O2. The van der Waals surface area contributed by atoms with E-state index in [0.717, 1.165) is 64.2 Å². The maximum Gasteiger partial charge on any atom is 0.232 e. The van der Waals surface area contributed by atoms with Crippen molar-refractivity contribution >= 4 is 11.8 Å². The Morgan fingerprint density at radius 1 is 0.917 bits per heavy atom. The van der Waals surface area contributed by atoms with Crippen molar-refractivity contribution in [3.8, 4) is 0 Å². The lowest BCUT2D eigenvalue weighted by atomic mass is 9.88. The van der Waals surface area contributed by atoms with Gasteiger partial charge in [-0.25, -0.2) is 0 Å². The van der Waals surface area contributed by atoms with Crippen LogP contribution in [0.4, 0.5) is 0 Å². The normalized spacial score (nSPS) is 23.5. The van der Waals surface area contributed by atoms with E-state index in [1.165, 1.54) is 0 Å². The summed E-state index contributed by atoms with van der Waals surface area (Å²) in [6, 6.07) is 0.279. The van der Waals surface area contributed by atoms with Crippen molar-refractivity contribution in [3.63, 3.8) is 0 Å². The van der Waals surface area contributed by atoms with Crippen LogP contribution in [-0.2, 0) is 9.59 Å². The molecule has 1 rings (SSSR count).